The first-order valence-corrected chi connectivity index (χ1v) is 14.7. The van der Waals surface area contributed by atoms with Gasteiger partial charge in [0.1, 0.15) is 11.2 Å². The van der Waals surface area contributed by atoms with Crippen molar-refractivity contribution in [3.63, 3.8) is 0 Å². The van der Waals surface area contributed by atoms with Crippen LogP contribution in [0.5, 0.6) is 0 Å². The molecule has 2 aliphatic heterocycles. The maximum absolute atomic E-state index is 14.3. The minimum absolute atomic E-state index is 0.0383. The number of anilines is 1. The Morgan fingerprint density at radius 1 is 1.05 bits per heavy atom. The van der Waals surface area contributed by atoms with E-state index in [4.69, 9.17) is 25.8 Å². The van der Waals surface area contributed by atoms with Crippen LogP contribution in [0.2, 0.25) is 5.02 Å². The van der Waals surface area contributed by atoms with Gasteiger partial charge in [-0.15, -0.1) is 0 Å². The molecule has 10 nitrogen and oxygen atoms in total. The molecule has 0 bridgehead atoms. The SMILES string of the molecule is COCc1nc(=O)n(CCCCCN2CCC3(CC2)OC(=O)Nc2ccc(Cl)cc23)c(-c2ccc(F)c(F)c2)c1C(=O)OC. The lowest BCUT2D eigenvalue weighted by molar-refractivity contribution is -0.0380. The standard InChI is InChI=1S/C31H33ClF2N4O6/c1-42-18-25-26(28(39)43-2)27(19-6-8-22(33)23(34)16-19)38(29(40)35-25)13-5-3-4-12-37-14-10-31(11-15-37)21-17-20(32)7-9-24(21)36-30(41)44-31/h6-9,16-17H,3-5,10-15,18H2,1-2H3,(H,36,41). The van der Waals surface area contributed by atoms with E-state index in [0.29, 0.717) is 24.3 Å². The Labute approximate surface area is 257 Å². The molecular weight excluding hydrogens is 598 g/mol. The van der Waals surface area contributed by atoms with Crippen molar-refractivity contribution in [3.05, 3.63) is 80.4 Å². The van der Waals surface area contributed by atoms with Crippen LogP contribution in [0.15, 0.2) is 41.2 Å². The summed E-state index contributed by atoms with van der Waals surface area (Å²) in [4.78, 5) is 44.6. The summed E-state index contributed by atoms with van der Waals surface area (Å²) in [5.41, 5.74) is 0.514. The van der Waals surface area contributed by atoms with E-state index in [-0.39, 0.29) is 35.7 Å². The van der Waals surface area contributed by atoms with Crippen molar-refractivity contribution < 1.29 is 32.6 Å². The van der Waals surface area contributed by atoms with Crippen molar-refractivity contribution in [2.24, 2.45) is 0 Å². The Morgan fingerprint density at radius 3 is 2.50 bits per heavy atom. The Kier molecular flexibility index (Phi) is 9.62. The van der Waals surface area contributed by atoms with E-state index < -0.39 is 35.0 Å². The van der Waals surface area contributed by atoms with Gasteiger partial charge in [-0.1, -0.05) is 18.0 Å². The average molecular weight is 631 g/mol. The molecule has 1 saturated heterocycles. The van der Waals surface area contributed by atoms with Gasteiger partial charge in [-0.2, -0.15) is 4.98 Å². The van der Waals surface area contributed by atoms with Crippen molar-refractivity contribution in [2.75, 3.05) is 39.2 Å². The van der Waals surface area contributed by atoms with Crippen LogP contribution in [0.1, 0.15) is 53.7 Å². The Hall–Kier alpha value is -3.87. The Morgan fingerprint density at radius 2 is 1.80 bits per heavy atom. The molecule has 1 spiro atoms. The maximum Gasteiger partial charge on any atom is 0.412 e. The monoisotopic (exact) mass is 630 g/mol. The second kappa shape index (κ2) is 13.4. The lowest BCUT2D eigenvalue weighted by Crippen LogP contribution is -2.48. The fourth-order valence-electron chi connectivity index (χ4n) is 5.97. The van der Waals surface area contributed by atoms with Gasteiger partial charge in [0.2, 0.25) is 0 Å². The van der Waals surface area contributed by atoms with Crippen LogP contribution in [0.3, 0.4) is 0 Å². The molecule has 2 aromatic carbocycles. The highest BCUT2D eigenvalue weighted by Gasteiger charge is 2.44. The minimum atomic E-state index is -1.11. The van der Waals surface area contributed by atoms with E-state index in [2.05, 4.69) is 15.2 Å². The topological polar surface area (TPSA) is 112 Å². The Balaban J connectivity index is 1.26. The predicted molar refractivity (Wildman–Crippen MR) is 159 cm³/mol. The highest BCUT2D eigenvalue weighted by Crippen LogP contribution is 2.44. The van der Waals surface area contributed by atoms with Gasteiger partial charge in [-0.05, 0) is 55.8 Å². The zero-order valence-electron chi connectivity index (χ0n) is 24.5. The molecule has 0 aliphatic carbocycles. The quantitative estimate of drug-likeness (QED) is 0.231. The number of rotatable bonds is 10. The number of fused-ring (bicyclic) bond motifs is 2. The number of halogens is 3. The zero-order chi connectivity index (χ0) is 31.4. The number of hydrogen-bond donors (Lipinski definition) is 1. The third kappa shape index (κ3) is 6.47. The smallest absolute Gasteiger partial charge is 0.412 e. The number of esters is 1. The summed E-state index contributed by atoms with van der Waals surface area (Å²) < 4.78 is 45.2. The largest absolute Gasteiger partial charge is 0.465 e. The van der Waals surface area contributed by atoms with Gasteiger partial charge in [0.25, 0.3) is 0 Å². The Bertz CT molecular complexity index is 1620. The van der Waals surface area contributed by atoms with Crippen molar-refractivity contribution in [1.82, 2.24) is 14.5 Å². The molecule has 3 heterocycles. The molecule has 5 rings (SSSR count). The van der Waals surface area contributed by atoms with Gasteiger partial charge in [0.15, 0.2) is 11.6 Å². The normalized spacial score (nSPS) is 15.9. The first-order chi connectivity index (χ1) is 21.2. The minimum Gasteiger partial charge on any atom is -0.465 e. The van der Waals surface area contributed by atoms with Crippen molar-refractivity contribution in [1.29, 1.82) is 0 Å². The van der Waals surface area contributed by atoms with Crippen molar-refractivity contribution in [2.45, 2.75) is 50.9 Å². The molecule has 0 saturated carbocycles. The molecule has 44 heavy (non-hydrogen) atoms. The average Bonchev–Trinajstić information content (AvgIpc) is 3.00. The maximum atomic E-state index is 14.3. The van der Waals surface area contributed by atoms with Gasteiger partial charge in [-0.25, -0.2) is 23.2 Å². The summed E-state index contributed by atoms with van der Waals surface area (Å²) in [6, 6.07) is 8.58. The number of ether oxygens (including phenoxy) is 3. The number of carbonyl (C=O) groups excluding carboxylic acids is 2. The summed E-state index contributed by atoms with van der Waals surface area (Å²) in [6.45, 7) is 2.30. The van der Waals surface area contributed by atoms with E-state index in [1.54, 1.807) is 12.1 Å². The molecule has 2 aliphatic rings. The summed E-state index contributed by atoms with van der Waals surface area (Å²) in [7, 11) is 2.58. The summed E-state index contributed by atoms with van der Waals surface area (Å²) in [6.07, 6.45) is 2.94. The molecule has 1 amide bonds. The molecule has 1 aromatic heterocycles. The predicted octanol–water partition coefficient (Wildman–Crippen LogP) is 5.50. The molecule has 234 valence electrons. The molecule has 3 aromatic rings. The van der Waals surface area contributed by atoms with Crippen LogP contribution in [0, 0.1) is 11.6 Å². The number of nitrogens with one attached hydrogen (secondary N) is 1. The van der Waals surface area contributed by atoms with Gasteiger partial charge in [0, 0.05) is 55.7 Å². The number of unbranched alkanes of at least 4 members (excludes halogenated alkanes) is 2. The number of nitrogens with zero attached hydrogens (tertiary/aromatic N) is 3. The van der Waals surface area contributed by atoms with Crippen LogP contribution < -0.4 is 11.0 Å². The number of likely N-dealkylation sites (tertiary alicyclic amines) is 1. The number of amides is 1. The molecule has 0 radical (unpaired) electrons. The van der Waals surface area contributed by atoms with Gasteiger partial charge >= 0.3 is 17.8 Å². The summed E-state index contributed by atoms with van der Waals surface area (Å²) >= 11 is 6.24. The lowest BCUT2D eigenvalue weighted by atomic mass is 9.82. The summed E-state index contributed by atoms with van der Waals surface area (Å²) in [5.74, 6) is -2.94. The number of hydrogen-bond acceptors (Lipinski definition) is 8. The number of aromatic nitrogens is 2. The second-order valence-corrected chi connectivity index (χ2v) is 11.3. The van der Waals surface area contributed by atoms with E-state index >= 15 is 0 Å². The van der Waals surface area contributed by atoms with Crippen LogP contribution in [0.25, 0.3) is 11.3 Å². The molecule has 1 N–H and O–H groups in total. The number of benzene rings is 2. The molecule has 13 heteroatoms. The van der Waals surface area contributed by atoms with Crippen LogP contribution in [-0.4, -0.2) is 60.4 Å². The first kappa shape index (κ1) is 31.6. The molecule has 0 atom stereocenters. The molecule has 0 unspecified atom stereocenters. The van der Waals surface area contributed by atoms with Crippen LogP contribution in [-0.2, 0) is 33.0 Å². The number of piperidine rings is 1. The summed E-state index contributed by atoms with van der Waals surface area (Å²) in [5, 5.41) is 3.33. The lowest BCUT2D eigenvalue weighted by Gasteiger charge is -2.44. The highest BCUT2D eigenvalue weighted by atomic mass is 35.5. The molecule has 1 fully saturated rings. The van der Waals surface area contributed by atoms with E-state index in [0.717, 1.165) is 55.9 Å². The van der Waals surface area contributed by atoms with Crippen molar-refractivity contribution >= 4 is 29.4 Å². The third-order valence-corrected chi connectivity index (χ3v) is 8.37. The van der Waals surface area contributed by atoms with E-state index in [9.17, 15) is 23.2 Å². The first-order valence-electron chi connectivity index (χ1n) is 14.3. The van der Waals surface area contributed by atoms with Gasteiger partial charge in [-0.3, -0.25) is 9.88 Å². The van der Waals surface area contributed by atoms with Crippen LogP contribution >= 0.6 is 11.6 Å². The van der Waals surface area contributed by atoms with Gasteiger partial charge < -0.3 is 19.1 Å². The van der Waals surface area contributed by atoms with Gasteiger partial charge in [0.05, 0.1) is 30.8 Å². The number of methoxy groups -OCH3 is 2. The number of carbonyl (C=O) groups is 2. The van der Waals surface area contributed by atoms with Crippen LogP contribution in [0.4, 0.5) is 19.3 Å². The van der Waals surface area contributed by atoms with Crippen molar-refractivity contribution in [3.8, 4) is 11.3 Å². The third-order valence-electron chi connectivity index (χ3n) is 8.14. The van der Waals surface area contributed by atoms with E-state index in [1.807, 2.05) is 6.07 Å². The fourth-order valence-corrected chi connectivity index (χ4v) is 6.14. The zero-order valence-corrected chi connectivity index (χ0v) is 25.2. The fraction of sp³-hybridized carbons (Fsp3) is 0.419. The molecular formula is C31H33ClF2N4O6. The second-order valence-electron chi connectivity index (χ2n) is 10.9. The highest BCUT2D eigenvalue weighted by molar-refractivity contribution is 6.30. The van der Waals surface area contributed by atoms with E-state index in [1.165, 1.54) is 24.9 Å².